The molecule has 0 bridgehead atoms. The van der Waals surface area contributed by atoms with Gasteiger partial charge in [0, 0.05) is 35.8 Å². The predicted molar refractivity (Wildman–Crippen MR) is 88.2 cm³/mol. The van der Waals surface area contributed by atoms with Crippen LogP contribution >= 0.6 is 15.9 Å². The second-order valence-electron chi connectivity index (χ2n) is 5.50. The van der Waals surface area contributed by atoms with Gasteiger partial charge in [0.2, 0.25) is 0 Å². The molecular weight excluding hydrogens is 316 g/mol. The second-order valence-corrected chi connectivity index (χ2v) is 6.35. The van der Waals surface area contributed by atoms with Crippen molar-refractivity contribution in [3.63, 3.8) is 0 Å². The van der Waals surface area contributed by atoms with E-state index in [9.17, 15) is 5.11 Å². The van der Waals surface area contributed by atoms with Crippen molar-refractivity contribution in [3.8, 4) is 0 Å². The van der Waals surface area contributed by atoms with Crippen molar-refractivity contribution < 1.29 is 5.11 Å². The molecule has 0 aliphatic heterocycles. The van der Waals surface area contributed by atoms with Gasteiger partial charge in [-0.2, -0.15) is 0 Å². The molecule has 1 aromatic rings. The summed E-state index contributed by atoms with van der Waals surface area (Å²) >= 11 is 3.68. The standard InChI is InChI=1S/C16H25BrN2O/c1-2-3-8-19(9-10-20)15-7-4-13(16(17)11-15)12-18-14-5-6-14/h4,7,11,14,18,20H,2-3,5-6,8-10,12H2,1H3. The minimum absolute atomic E-state index is 0.201. The van der Waals surface area contributed by atoms with Gasteiger partial charge in [0.15, 0.2) is 0 Å². The minimum atomic E-state index is 0.201. The van der Waals surface area contributed by atoms with Crippen LogP contribution in [0.15, 0.2) is 22.7 Å². The smallest absolute Gasteiger partial charge is 0.0606 e. The van der Waals surface area contributed by atoms with Gasteiger partial charge in [0.1, 0.15) is 0 Å². The fourth-order valence-corrected chi connectivity index (χ4v) is 2.76. The maximum Gasteiger partial charge on any atom is 0.0606 e. The molecule has 0 heterocycles. The molecule has 4 heteroatoms. The summed E-state index contributed by atoms with van der Waals surface area (Å²) in [6.45, 7) is 5.03. The molecule has 1 aliphatic rings. The molecule has 1 aliphatic carbocycles. The summed E-state index contributed by atoms with van der Waals surface area (Å²) in [5, 5.41) is 12.7. The van der Waals surface area contributed by atoms with Crippen LogP contribution in [0.5, 0.6) is 0 Å². The summed E-state index contributed by atoms with van der Waals surface area (Å²) in [5.74, 6) is 0. The van der Waals surface area contributed by atoms with Gasteiger partial charge < -0.3 is 15.3 Å². The number of aliphatic hydroxyl groups excluding tert-OH is 1. The average Bonchev–Trinajstić information content (AvgIpc) is 3.26. The van der Waals surface area contributed by atoms with E-state index in [0.29, 0.717) is 6.54 Å². The highest BCUT2D eigenvalue weighted by Gasteiger charge is 2.20. The van der Waals surface area contributed by atoms with Crippen LogP contribution in [0.25, 0.3) is 0 Å². The largest absolute Gasteiger partial charge is 0.395 e. The lowest BCUT2D eigenvalue weighted by atomic mass is 10.2. The Kier molecular flexibility index (Phi) is 6.33. The summed E-state index contributed by atoms with van der Waals surface area (Å²) in [4.78, 5) is 2.26. The molecule has 2 rings (SSSR count). The number of benzene rings is 1. The van der Waals surface area contributed by atoms with E-state index in [-0.39, 0.29) is 6.61 Å². The van der Waals surface area contributed by atoms with Crippen LogP contribution in [-0.4, -0.2) is 30.8 Å². The Balaban J connectivity index is 2.00. The van der Waals surface area contributed by atoms with Crippen molar-refractivity contribution in [3.05, 3.63) is 28.2 Å². The number of nitrogens with zero attached hydrogens (tertiary/aromatic N) is 1. The molecule has 0 unspecified atom stereocenters. The highest BCUT2D eigenvalue weighted by atomic mass is 79.9. The van der Waals surface area contributed by atoms with Gasteiger partial charge in [0.25, 0.3) is 0 Å². The van der Waals surface area contributed by atoms with Crippen LogP contribution in [-0.2, 0) is 6.54 Å². The van der Waals surface area contributed by atoms with Gasteiger partial charge in [-0.3, -0.25) is 0 Å². The Hall–Kier alpha value is -0.580. The van der Waals surface area contributed by atoms with Gasteiger partial charge in [-0.25, -0.2) is 0 Å². The number of nitrogens with one attached hydrogen (secondary N) is 1. The van der Waals surface area contributed by atoms with E-state index >= 15 is 0 Å². The zero-order chi connectivity index (χ0) is 14.4. The van der Waals surface area contributed by atoms with E-state index < -0.39 is 0 Å². The van der Waals surface area contributed by atoms with Crippen molar-refractivity contribution in [1.29, 1.82) is 0 Å². The lowest BCUT2D eigenvalue weighted by molar-refractivity contribution is 0.301. The molecule has 0 radical (unpaired) electrons. The molecule has 1 saturated carbocycles. The number of hydrogen-bond acceptors (Lipinski definition) is 3. The van der Waals surface area contributed by atoms with Gasteiger partial charge in [-0.05, 0) is 37.0 Å². The second kappa shape index (κ2) is 8.01. The third-order valence-electron chi connectivity index (χ3n) is 3.71. The topological polar surface area (TPSA) is 35.5 Å². The Morgan fingerprint density at radius 3 is 2.75 bits per heavy atom. The molecule has 0 atom stereocenters. The minimum Gasteiger partial charge on any atom is -0.395 e. The van der Waals surface area contributed by atoms with Crippen molar-refractivity contribution in [2.75, 3.05) is 24.6 Å². The first-order valence-electron chi connectivity index (χ1n) is 7.62. The van der Waals surface area contributed by atoms with Crippen molar-refractivity contribution >= 4 is 21.6 Å². The first kappa shape index (κ1) is 15.8. The van der Waals surface area contributed by atoms with E-state index in [4.69, 9.17) is 0 Å². The van der Waals surface area contributed by atoms with Crippen LogP contribution in [0.4, 0.5) is 5.69 Å². The lowest BCUT2D eigenvalue weighted by Gasteiger charge is -2.24. The SMILES string of the molecule is CCCCN(CCO)c1ccc(CNC2CC2)c(Br)c1. The number of unbranched alkanes of at least 4 members (excludes halogenated alkanes) is 1. The van der Waals surface area contributed by atoms with E-state index in [2.05, 4.69) is 51.3 Å². The van der Waals surface area contributed by atoms with Crippen molar-refractivity contribution in [2.45, 2.75) is 45.2 Å². The summed E-state index contributed by atoms with van der Waals surface area (Å²) < 4.78 is 1.16. The van der Waals surface area contributed by atoms with Crippen LogP contribution in [0, 0.1) is 0 Å². The van der Waals surface area contributed by atoms with Crippen LogP contribution in [0.2, 0.25) is 0 Å². The normalized spacial score (nSPS) is 14.6. The molecule has 2 N–H and O–H groups in total. The molecule has 1 fully saturated rings. The molecule has 3 nitrogen and oxygen atoms in total. The molecule has 0 aromatic heterocycles. The fourth-order valence-electron chi connectivity index (χ4n) is 2.26. The van der Waals surface area contributed by atoms with E-state index in [1.807, 2.05) is 0 Å². The predicted octanol–water partition coefficient (Wildman–Crippen LogP) is 3.30. The van der Waals surface area contributed by atoms with Crippen LogP contribution in [0.1, 0.15) is 38.2 Å². The maximum absolute atomic E-state index is 9.21. The Labute approximate surface area is 130 Å². The third-order valence-corrected chi connectivity index (χ3v) is 4.45. The molecule has 1 aromatic carbocycles. The summed E-state index contributed by atoms with van der Waals surface area (Å²) in [6.07, 6.45) is 4.96. The molecule has 20 heavy (non-hydrogen) atoms. The third kappa shape index (κ3) is 4.76. The first-order valence-corrected chi connectivity index (χ1v) is 8.41. The Morgan fingerprint density at radius 2 is 2.15 bits per heavy atom. The Morgan fingerprint density at radius 1 is 1.35 bits per heavy atom. The Bertz CT molecular complexity index is 421. The number of rotatable bonds is 9. The highest BCUT2D eigenvalue weighted by Crippen LogP contribution is 2.26. The number of anilines is 1. The van der Waals surface area contributed by atoms with Gasteiger partial charge in [-0.15, -0.1) is 0 Å². The maximum atomic E-state index is 9.21. The van der Waals surface area contributed by atoms with Crippen LogP contribution in [0.3, 0.4) is 0 Å². The number of halogens is 1. The molecule has 0 saturated heterocycles. The van der Waals surface area contributed by atoms with E-state index in [1.165, 1.54) is 30.5 Å². The average molecular weight is 341 g/mol. The molecule has 0 amide bonds. The monoisotopic (exact) mass is 340 g/mol. The van der Waals surface area contributed by atoms with Gasteiger partial charge in [-0.1, -0.05) is 35.3 Å². The molecule has 112 valence electrons. The van der Waals surface area contributed by atoms with Gasteiger partial charge in [0.05, 0.1) is 6.61 Å². The highest BCUT2D eigenvalue weighted by molar-refractivity contribution is 9.10. The number of hydrogen-bond donors (Lipinski definition) is 2. The van der Waals surface area contributed by atoms with Gasteiger partial charge >= 0.3 is 0 Å². The zero-order valence-electron chi connectivity index (χ0n) is 12.2. The van der Waals surface area contributed by atoms with Crippen LogP contribution < -0.4 is 10.2 Å². The summed E-state index contributed by atoms with van der Waals surface area (Å²) in [7, 11) is 0. The first-order chi connectivity index (χ1) is 9.74. The van der Waals surface area contributed by atoms with E-state index in [0.717, 1.165) is 30.0 Å². The molecule has 0 spiro atoms. The number of aliphatic hydroxyl groups is 1. The van der Waals surface area contributed by atoms with Crippen molar-refractivity contribution in [2.24, 2.45) is 0 Å². The lowest BCUT2D eigenvalue weighted by Crippen LogP contribution is -2.27. The fraction of sp³-hybridized carbons (Fsp3) is 0.625. The quantitative estimate of drug-likeness (QED) is 0.723. The zero-order valence-corrected chi connectivity index (χ0v) is 13.8. The molecular formula is C16H25BrN2O. The summed E-state index contributed by atoms with van der Waals surface area (Å²) in [5.41, 5.74) is 2.50. The van der Waals surface area contributed by atoms with E-state index in [1.54, 1.807) is 0 Å². The van der Waals surface area contributed by atoms with Crippen molar-refractivity contribution in [1.82, 2.24) is 5.32 Å². The summed E-state index contributed by atoms with van der Waals surface area (Å²) in [6, 6.07) is 7.26.